The molecule has 0 aliphatic carbocycles. The van der Waals surface area contributed by atoms with Crippen LogP contribution in [0, 0.1) is 0 Å². The molecule has 0 bridgehead atoms. The number of benzene rings is 1. The highest BCUT2D eigenvalue weighted by molar-refractivity contribution is 7.98. The molecule has 0 saturated heterocycles. The second-order valence-electron chi connectivity index (χ2n) is 3.05. The zero-order valence-electron chi connectivity index (χ0n) is 8.69. The van der Waals surface area contributed by atoms with Crippen LogP contribution in [0.15, 0.2) is 29.2 Å². The van der Waals surface area contributed by atoms with Crippen LogP contribution in [0.3, 0.4) is 0 Å². The number of carbonyl (C=O) groups excluding carboxylic acids is 1. The molecule has 0 amide bonds. The van der Waals surface area contributed by atoms with Crippen LogP contribution in [0.4, 0.5) is 0 Å². The minimum atomic E-state index is 0.0519. The maximum atomic E-state index is 11.6. The van der Waals surface area contributed by atoms with Gasteiger partial charge in [0.2, 0.25) is 0 Å². The van der Waals surface area contributed by atoms with Gasteiger partial charge < -0.3 is 10.4 Å². The Morgan fingerprint density at radius 1 is 1.40 bits per heavy atom. The number of nitrogens with one attached hydrogen (secondary N) is 1. The predicted molar refractivity (Wildman–Crippen MR) is 62.5 cm³/mol. The van der Waals surface area contributed by atoms with Gasteiger partial charge >= 0.3 is 0 Å². The van der Waals surface area contributed by atoms with E-state index in [0.29, 0.717) is 12.1 Å². The Labute approximate surface area is 93.9 Å². The van der Waals surface area contributed by atoms with Gasteiger partial charge in [0.25, 0.3) is 0 Å². The van der Waals surface area contributed by atoms with E-state index in [0.717, 1.165) is 4.90 Å². The molecule has 15 heavy (non-hydrogen) atoms. The van der Waals surface area contributed by atoms with Crippen molar-refractivity contribution in [3.05, 3.63) is 29.8 Å². The highest BCUT2D eigenvalue weighted by Gasteiger charge is 2.04. The van der Waals surface area contributed by atoms with E-state index in [1.54, 1.807) is 11.8 Å². The number of aliphatic hydroxyl groups excluding tert-OH is 1. The number of thioether (sulfide) groups is 1. The van der Waals surface area contributed by atoms with Gasteiger partial charge in [0.15, 0.2) is 5.78 Å². The maximum Gasteiger partial charge on any atom is 0.176 e. The summed E-state index contributed by atoms with van der Waals surface area (Å²) >= 11 is 1.65. The first-order chi connectivity index (χ1) is 7.27. The summed E-state index contributed by atoms with van der Waals surface area (Å²) in [6, 6.07) is 7.53. The van der Waals surface area contributed by atoms with Crippen LogP contribution in [-0.2, 0) is 0 Å². The molecule has 0 saturated carbocycles. The molecule has 1 aromatic rings. The molecule has 0 radical (unpaired) electrons. The third-order valence-corrected chi connectivity index (χ3v) is 2.73. The van der Waals surface area contributed by atoms with Crippen LogP contribution in [-0.4, -0.2) is 36.8 Å². The molecule has 4 heteroatoms. The highest BCUT2D eigenvalue weighted by Crippen LogP contribution is 2.14. The summed E-state index contributed by atoms with van der Waals surface area (Å²) in [6.07, 6.45) is 2.00. The first kappa shape index (κ1) is 12.2. The molecule has 0 aromatic heterocycles. The molecule has 0 atom stereocenters. The highest BCUT2D eigenvalue weighted by atomic mass is 32.2. The number of Topliss-reactive ketones (excluding diaryl/α,β-unsaturated/α-hetero) is 1. The second kappa shape index (κ2) is 6.61. The predicted octanol–water partition coefficient (Wildman–Crippen LogP) is 1.17. The Morgan fingerprint density at radius 2 is 2.07 bits per heavy atom. The van der Waals surface area contributed by atoms with E-state index in [1.165, 1.54) is 0 Å². The van der Waals surface area contributed by atoms with Gasteiger partial charge in [0.1, 0.15) is 0 Å². The zero-order chi connectivity index (χ0) is 11.1. The van der Waals surface area contributed by atoms with Crippen molar-refractivity contribution in [2.75, 3.05) is 26.0 Å². The molecule has 0 unspecified atom stereocenters. The molecule has 0 aliphatic rings. The zero-order valence-corrected chi connectivity index (χ0v) is 9.51. The number of rotatable bonds is 6. The number of hydrogen-bond acceptors (Lipinski definition) is 4. The normalized spacial score (nSPS) is 10.3. The van der Waals surface area contributed by atoms with E-state index in [2.05, 4.69) is 5.32 Å². The van der Waals surface area contributed by atoms with Crippen LogP contribution in [0.25, 0.3) is 0 Å². The summed E-state index contributed by atoms with van der Waals surface area (Å²) in [5.74, 6) is 0.0519. The number of hydrogen-bond donors (Lipinski definition) is 2. The van der Waals surface area contributed by atoms with Crippen LogP contribution in [0.5, 0.6) is 0 Å². The standard InChI is InChI=1S/C11H15NO2S/c1-15-10-4-2-9(3-5-10)11(14)8-12-6-7-13/h2-5,12-13H,6-8H2,1H3. The molecule has 0 aliphatic heterocycles. The Kier molecular flexibility index (Phi) is 5.39. The smallest absolute Gasteiger partial charge is 0.176 e. The summed E-state index contributed by atoms with van der Waals surface area (Å²) in [6.45, 7) is 0.784. The van der Waals surface area contributed by atoms with E-state index in [4.69, 9.17) is 5.11 Å². The quantitative estimate of drug-likeness (QED) is 0.433. The van der Waals surface area contributed by atoms with Crippen molar-refractivity contribution in [2.45, 2.75) is 4.90 Å². The van der Waals surface area contributed by atoms with Gasteiger partial charge in [-0.3, -0.25) is 4.79 Å². The number of carbonyl (C=O) groups is 1. The van der Waals surface area contributed by atoms with Gasteiger partial charge in [-0.15, -0.1) is 11.8 Å². The largest absolute Gasteiger partial charge is 0.395 e. The summed E-state index contributed by atoms with van der Waals surface area (Å²) < 4.78 is 0. The Hall–Kier alpha value is -0.840. The SMILES string of the molecule is CSc1ccc(C(=O)CNCCO)cc1. The monoisotopic (exact) mass is 225 g/mol. The van der Waals surface area contributed by atoms with Crippen molar-refractivity contribution in [1.82, 2.24) is 5.32 Å². The van der Waals surface area contributed by atoms with Gasteiger partial charge in [-0.05, 0) is 18.4 Å². The topological polar surface area (TPSA) is 49.3 Å². The molecule has 1 rings (SSSR count). The van der Waals surface area contributed by atoms with Crippen molar-refractivity contribution >= 4 is 17.5 Å². The van der Waals surface area contributed by atoms with E-state index < -0.39 is 0 Å². The second-order valence-corrected chi connectivity index (χ2v) is 3.93. The van der Waals surface area contributed by atoms with E-state index in [1.807, 2.05) is 30.5 Å². The fourth-order valence-corrected chi connectivity index (χ4v) is 1.57. The minimum Gasteiger partial charge on any atom is -0.395 e. The maximum absolute atomic E-state index is 11.6. The van der Waals surface area contributed by atoms with Crippen molar-refractivity contribution in [3.63, 3.8) is 0 Å². The van der Waals surface area contributed by atoms with Crippen LogP contribution >= 0.6 is 11.8 Å². The van der Waals surface area contributed by atoms with Gasteiger partial charge in [-0.2, -0.15) is 0 Å². The summed E-state index contributed by atoms with van der Waals surface area (Å²) in [5, 5.41) is 11.4. The number of ketones is 1. The number of aliphatic hydroxyl groups is 1. The Morgan fingerprint density at radius 3 is 2.60 bits per heavy atom. The molecule has 0 spiro atoms. The first-order valence-electron chi connectivity index (χ1n) is 4.76. The Bertz CT molecular complexity index is 311. The van der Waals surface area contributed by atoms with E-state index in [-0.39, 0.29) is 18.9 Å². The summed E-state index contributed by atoms with van der Waals surface area (Å²) in [5.41, 5.74) is 0.707. The third kappa shape index (κ3) is 4.03. The lowest BCUT2D eigenvalue weighted by atomic mass is 10.1. The van der Waals surface area contributed by atoms with Crippen molar-refractivity contribution in [1.29, 1.82) is 0 Å². The van der Waals surface area contributed by atoms with Gasteiger partial charge in [-0.1, -0.05) is 12.1 Å². The van der Waals surface area contributed by atoms with Crippen LogP contribution in [0.2, 0.25) is 0 Å². The molecular weight excluding hydrogens is 210 g/mol. The van der Waals surface area contributed by atoms with Gasteiger partial charge in [0, 0.05) is 17.0 Å². The minimum absolute atomic E-state index is 0.0519. The fraction of sp³-hybridized carbons (Fsp3) is 0.364. The fourth-order valence-electron chi connectivity index (χ4n) is 1.16. The Balaban J connectivity index is 2.50. The lowest BCUT2D eigenvalue weighted by molar-refractivity contribution is 0.0989. The van der Waals surface area contributed by atoms with Gasteiger partial charge in [-0.25, -0.2) is 0 Å². The van der Waals surface area contributed by atoms with Gasteiger partial charge in [0.05, 0.1) is 13.2 Å². The lowest BCUT2D eigenvalue weighted by Crippen LogP contribution is -2.25. The van der Waals surface area contributed by atoms with Crippen molar-refractivity contribution in [3.8, 4) is 0 Å². The summed E-state index contributed by atoms with van der Waals surface area (Å²) in [4.78, 5) is 12.7. The molecule has 0 heterocycles. The van der Waals surface area contributed by atoms with Crippen LogP contribution < -0.4 is 5.32 Å². The van der Waals surface area contributed by atoms with Crippen molar-refractivity contribution in [2.24, 2.45) is 0 Å². The van der Waals surface area contributed by atoms with E-state index >= 15 is 0 Å². The molecular formula is C11H15NO2S. The molecule has 1 aromatic carbocycles. The molecule has 3 nitrogen and oxygen atoms in total. The molecule has 2 N–H and O–H groups in total. The third-order valence-electron chi connectivity index (χ3n) is 1.99. The summed E-state index contributed by atoms with van der Waals surface area (Å²) in [7, 11) is 0. The van der Waals surface area contributed by atoms with E-state index in [9.17, 15) is 4.79 Å². The van der Waals surface area contributed by atoms with Crippen molar-refractivity contribution < 1.29 is 9.90 Å². The average molecular weight is 225 g/mol. The molecule has 82 valence electrons. The van der Waals surface area contributed by atoms with Crippen LogP contribution in [0.1, 0.15) is 10.4 Å². The average Bonchev–Trinajstić information content (AvgIpc) is 2.29. The first-order valence-corrected chi connectivity index (χ1v) is 5.99. The molecule has 0 fully saturated rings. The lowest BCUT2D eigenvalue weighted by Gasteiger charge is -2.03.